The van der Waals surface area contributed by atoms with Crippen molar-refractivity contribution >= 4 is 11.9 Å². The second-order valence-corrected chi connectivity index (χ2v) is 3.43. The van der Waals surface area contributed by atoms with Gasteiger partial charge in [0.2, 0.25) is 5.91 Å². The number of benzene rings is 1. The first-order valence-corrected chi connectivity index (χ1v) is 4.97. The van der Waals surface area contributed by atoms with Crippen molar-refractivity contribution in [2.45, 2.75) is 0 Å². The lowest BCUT2D eigenvalue weighted by Crippen LogP contribution is -2.12. The molecule has 6 nitrogen and oxygen atoms in total. The Hall–Kier alpha value is -2.50. The lowest BCUT2D eigenvalue weighted by atomic mass is 10.2. The number of carboxylic acid groups (broad SMARTS) is 1. The first-order valence-electron chi connectivity index (χ1n) is 4.97. The summed E-state index contributed by atoms with van der Waals surface area (Å²) in [6.45, 7) is 3.15. The normalized spacial score (nSPS) is 9.61. The van der Waals surface area contributed by atoms with Crippen LogP contribution >= 0.6 is 0 Å². The molecule has 6 heteroatoms. The molecule has 0 atom stereocenters. The van der Waals surface area contributed by atoms with E-state index < -0.39 is 11.9 Å². The van der Waals surface area contributed by atoms with Crippen LogP contribution in [0.1, 0.15) is 10.4 Å². The van der Waals surface area contributed by atoms with Crippen LogP contribution in [0.2, 0.25) is 0 Å². The number of aliphatic carboxylic acids is 1. The molecule has 3 N–H and O–H groups in total. The van der Waals surface area contributed by atoms with E-state index in [1.54, 1.807) is 0 Å². The molecule has 0 saturated carbocycles. The highest BCUT2D eigenvalue weighted by Gasteiger charge is 2.11. The maximum absolute atomic E-state index is 11.0. The molecule has 1 aromatic carbocycles. The number of methoxy groups -OCH3 is 1. The molecule has 0 fully saturated rings. The Morgan fingerprint density at radius 1 is 1.39 bits per heavy atom. The Labute approximate surface area is 104 Å². The average molecular weight is 251 g/mol. The molecule has 18 heavy (non-hydrogen) atoms. The molecule has 0 aliphatic rings. The zero-order valence-electron chi connectivity index (χ0n) is 9.80. The van der Waals surface area contributed by atoms with Crippen LogP contribution in [0.15, 0.2) is 30.4 Å². The quantitative estimate of drug-likeness (QED) is 0.729. The van der Waals surface area contributed by atoms with E-state index in [-0.39, 0.29) is 17.7 Å². The van der Waals surface area contributed by atoms with Gasteiger partial charge in [0.25, 0.3) is 0 Å². The predicted molar refractivity (Wildman–Crippen MR) is 63.8 cm³/mol. The van der Waals surface area contributed by atoms with Crippen molar-refractivity contribution < 1.29 is 24.2 Å². The van der Waals surface area contributed by atoms with Gasteiger partial charge in [0.15, 0.2) is 11.5 Å². The molecule has 0 unspecified atom stereocenters. The fraction of sp³-hybridized carbons (Fsp3) is 0.167. The molecule has 0 saturated heterocycles. The van der Waals surface area contributed by atoms with E-state index in [0.717, 1.165) is 0 Å². The van der Waals surface area contributed by atoms with E-state index in [1.807, 2.05) is 0 Å². The van der Waals surface area contributed by atoms with E-state index in [0.29, 0.717) is 11.5 Å². The highest BCUT2D eigenvalue weighted by Crippen LogP contribution is 2.28. The van der Waals surface area contributed by atoms with E-state index in [2.05, 4.69) is 6.58 Å². The summed E-state index contributed by atoms with van der Waals surface area (Å²) < 4.78 is 10.2. The molecule has 0 spiro atoms. The highest BCUT2D eigenvalue weighted by molar-refractivity contribution is 5.93. The minimum Gasteiger partial charge on any atom is -0.493 e. The maximum atomic E-state index is 11.0. The number of carbonyl (C=O) groups is 2. The Bertz CT molecular complexity index is 495. The van der Waals surface area contributed by atoms with E-state index in [1.165, 1.54) is 25.3 Å². The van der Waals surface area contributed by atoms with Gasteiger partial charge in [-0.3, -0.25) is 4.79 Å². The molecule has 0 aliphatic heterocycles. The first kappa shape index (κ1) is 13.6. The van der Waals surface area contributed by atoms with Crippen LogP contribution < -0.4 is 15.2 Å². The van der Waals surface area contributed by atoms with Gasteiger partial charge in [0.05, 0.1) is 12.7 Å². The number of hydrogen-bond donors (Lipinski definition) is 2. The van der Waals surface area contributed by atoms with Crippen molar-refractivity contribution in [1.29, 1.82) is 0 Å². The Kier molecular flexibility index (Phi) is 4.31. The van der Waals surface area contributed by atoms with Gasteiger partial charge in [-0.25, -0.2) is 4.79 Å². The largest absolute Gasteiger partial charge is 0.493 e. The fourth-order valence-corrected chi connectivity index (χ4v) is 1.17. The van der Waals surface area contributed by atoms with Crippen molar-refractivity contribution in [2.75, 3.05) is 13.7 Å². The van der Waals surface area contributed by atoms with Crippen LogP contribution in [0.5, 0.6) is 11.5 Å². The number of carbonyl (C=O) groups excluding carboxylic acids is 1. The molecule has 0 radical (unpaired) electrons. The van der Waals surface area contributed by atoms with Gasteiger partial charge >= 0.3 is 5.97 Å². The molecule has 0 heterocycles. The lowest BCUT2D eigenvalue weighted by Gasteiger charge is -2.11. The third kappa shape index (κ3) is 3.24. The minimum absolute atomic E-state index is 0.0870. The number of amides is 1. The second-order valence-electron chi connectivity index (χ2n) is 3.43. The van der Waals surface area contributed by atoms with Gasteiger partial charge < -0.3 is 20.3 Å². The third-order valence-electron chi connectivity index (χ3n) is 2.15. The van der Waals surface area contributed by atoms with Gasteiger partial charge in [-0.2, -0.15) is 0 Å². The Morgan fingerprint density at radius 3 is 2.56 bits per heavy atom. The summed E-state index contributed by atoms with van der Waals surface area (Å²) >= 11 is 0. The zero-order valence-corrected chi connectivity index (χ0v) is 9.80. The van der Waals surface area contributed by atoms with E-state index >= 15 is 0 Å². The van der Waals surface area contributed by atoms with E-state index in [4.69, 9.17) is 20.3 Å². The van der Waals surface area contributed by atoms with Gasteiger partial charge in [-0.1, -0.05) is 6.58 Å². The van der Waals surface area contributed by atoms with Crippen LogP contribution in [0.4, 0.5) is 0 Å². The fourth-order valence-electron chi connectivity index (χ4n) is 1.17. The smallest absolute Gasteiger partial charge is 0.334 e. The summed E-state index contributed by atoms with van der Waals surface area (Å²) in [6.07, 6.45) is 0. The molecule has 1 aromatic rings. The van der Waals surface area contributed by atoms with E-state index in [9.17, 15) is 9.59 Å². The number of carboxylic acids is 1. The highest BCUT2D eigenvalue weighted by atomic mass is 16.5. The minimum atomic E-state index is -1.14. The van der Waals surface area contributed by atoms with Crippen molar-refractivity contribution in [3.05, 3.63) is 35.9 Å². The molecule has 0 aromatic heterocycles. The van der Waals surface area contributed by atoms with Gasteiger partial charge in [-0.05, 0) is 18.2 Å². The summed E-state index contributed by atoms with van der Waals surface area (Å²) in [5.41, 5.74) is 5.31. The Morgan fingerprint density at radius 2 is 2.06 bits per heavy atom. The van der Waals surface area contributed by atoms with Crippen LogP contribution in [-0.2, 0) is 4.79 Å². The topological polar surface area (TPSA) is 98.9 Å². The number of primary amides is 1. The summed E-state index contributed by atoms with van der Waals surface area (Å²) in [5, 5.41) is 8.63. The second kappa shape index (κ2) is 5.72. The molecule has 1 rings (SSSR count). The summed E-state index contributed by atoms with van der Waals surface area (Å²) in [5.74, 6) is -1.12. The molecular formula is C12H13NO5. The van der Waals surface area contributed by atoms with Crippen molar-refractivity contribution in [3.8, 4) is 11.5 Å². The molecule has 1 amide bonds. The summed E-state index contributed by atoms with van der Waals surface area (Å²) in [4.78, 5) is 21.5. The third-order valence-corrected chi connectivity index (χ3v) is 2.15. The monoisotopic (exact) mass is 251 g/mol. The maximum Gasteiger partial charge on any atom is 0.334 e. The van der Waals surface area contributed by atoms with Crippen LogP contribution in [-0.4, -0.2) is 30.7 Å². The number of ether oxygens (including phenoxy) is 2. The van der Waals surface area contributed by atoms with Crippen molar-refractivity contribution in [3.63, 3.8) is 0 Å². The number of hydrogen-bond acceptors (Lipinski definition) is 4. The standard InChI is InChI=1S/C12H13NO5/c1-7(12(15)16)6-18-9-4-3-8(11(13)14)5-10(9)17-2/h3-5H,1,6H2,2H3,(H2,13,14)(H,15,16). The van der Waals surface area contributed by atoms with Crippen molar-refractivity contribution in [1.82, 2.24) is 0 Å². The van der Waals surface area contributed by atoms with Crippen LogP contribution in [0, 0.1) is 0 Å². The summed E-state index contributed by atoms with van der Waals surface area (Å²) in [7, 11) is 1.40. The van der Waals surface area contributed by atoms with Crippen LogP contribution in [0.3, 0.4) is 0 Å². The molecular weight excluding hydrogens is 238 g/mol. The van der Waals surface area contributed by atoms with Gasteiger partial charge in [-0.15, -0.1) is 0 Å². The number of nitrogens with two attached hydrogens (primary N) is 1. The predicted octanol–water partition coefficient (Wildman–Crippen LogP) is 0.814. The SMILES string of the molecule is C=C(COc1ccc(C(N)=O)cc1OC)C(=O)O. The Balaban J connectivity index is 2.86. The number of rotatable bonds is 6. The van der Waals surface area contributed by atoms with Gasteiger partial charge in [0, 0.05) is 5.56 Å². The van der Waals surface area contributed by atoms with Crippen molar-refractivity contribution in [2.24, 2.45) is 5.73 Å². The molecule has 0 bridgehead atoms. The molecule has 0 aliphatic carbocycles. The lowest BCUT2D eigenvalue weighted by molar-refractivity contribution is -0.133. The summed E-state index contributed by atoms with van der Waals surface area (Å²) in [6, 6.07) is 4.36. The van der Waals surface area contributed by atoms with Crippen LogP contribution in [0.25, 0.3) is 0 Å². The first-order chi connectivity index (χ1) is 8.45. The van der Waals surface area contributed by atoms with Gasteiger partial charge in [0.1, 0.15) is 6.61 Å². The zero-order chi connectivity index (χ0) is 13.7. The molecule has 96 valence electrons. The average Bonchev–Trinajstić information content (AvgIpc) is 2.35.